The van der Waals surface area contributed by atoms with Crippen molar-refractivity contribution in [3.05, 3.63) is 0 Å². The van der Waals surface area contributed by atoms with Gasteiger partial charge in [0.15, 0.2) is 9.84 Å². The molecule has 1 amide bonds. The molecule has 0 fully saturated rings. The summed E-state index contributed by atoms with van der Waals surface area (Å²) in [5, 5.41) is 2.42. The lowest BCUT2D eigenvalue weighted by molar-refractivity contribution is -0.118. The molecule has 0 aliphatic rings. The fraction of sp³-hybridized carbons (Fsp3) is 0.917. The molecule has 17 heavy (non-hydrogen) atoms. The highest BCUT2D eigenvalue weighted by Crippen LogP contribution is 2.16. The van der Waals surface area contributed by atoms with Crippen molar-refractivity contribution >= 4 is 15.7 Å². The van der Waals surface area contributed by atoms with Gasteiger partial charge in [-0.15, -0.1) is 0 Å². The second kappa shape index (κ2) is 8.50. The van der Waals surface area contributed by atoms with E-state index in [9.17, 15) is 13.2 Å². The Kier molecular flexibility index (Phi) is 8.21. The summed E-state index contributed by atoms with van der Waals surface area (Å²) in [6.45, 7) is 5.90. The molecule has 0 aliphatic heterocycles. The number of nitrogens with one attached hydrogen (secondary N) is 1. The van der Waals surface area contributed by atoms with E-state index in [1.807, 2.05) is 13.8 Å². The zero-order chi connectivity index (χ0) is 13.3. The molecular weight excluding hydrogens is 238 g/mol. The Morgan fingerprint density at radius 2 is 1.71 bits per heavy atom. The lowest BCUT2D eigenvalue weighted by Gasteiger charge is -2.16. The Balaban J connectivity index is 4.17. The number of sulfone groups is 1. The molecule has 0 rings (SSSR count). The Bertz CT molecular complexity index is 306. The predicted octanol–water partition coefficient (Wildman–Crippen LogP) is 1.90. The van der Waals surface area contributed by atoms with Crippen LogP contribution in [-0.4, -0.2) is 31.9 Å². The van der Waals surface area contributed by atoms with E-state index in [1.54, 1.807) is 0 Å². The van der Waals surface area contributed by atoms with E-state index in [-0.39, 0.29) is 16.9 Å². The molecule has 0 unspecified atom stereocenters. The Morgan fingerprint density at radius 3 is 2.12 bits per heavy atom. The largest absolute Gasteiger partial charge is 0.356 e. The average molecular weight is 263 g/mol. The lowest BCUT2D eigenvalue weighted by Crippen LogP contribution is -2.27. The van der Waals surface area contributed by atoms with Gasteiger partial charge in [0, 0.05) is 13.5 Å². The summed E-state index contributed by atoms with van der Waals surface area (Å²) in [4.78, 5) is 10.6. The third kappa shape index (κ3) is 7.36. The van der Waals surface area contributed by atoms with Crippen molar-refractivity contribution in [2.24, 2.45) is 0 Å². The Hall–Kier alpha value is -0.580. The summed E-state index contributed by atoms with van der Waals surface area (Å²) in [5.74, 6) is 0.0684. The maximum atomic E-state index is 12.0. The van der Waals surface area contributed by atoms with Crippen LogP contribution in [0.25, 0.3) is 0 Å². The monoisotopic (exact) mass is 263 g/mol. The van der Waals surface area contributed by atoms with Crippen LogP contribution in [0.2, 0.25) is 0 Å². The first-order valence-electron chi connectivity index (χ1n) is 6.40. The topological polar surface area (TPSA) is 63.2 Å². The smallest absolute Gasteiger partial charge is 0.216 e. The quantitative estimate of drug-likeness (QED) is 0.646. The van der Waals surface area contributed by atoms with Crippen molar-refractivity contribution in [1.82, 2.24) is 5.32 Å². The van der Waals surface area contributed by atoms with Crippen molar-refractivity contribution in [3.63, 3.8) is 0 Å². The molecule has 0 saturated heterocycles. The van der Waals surface area contributed by atoms with Gasteiger partial charge in [0.05, 0.1) is 11.0 Å². The molecule has 0 spiro atoms. The van der Waals surface area contributed by atoms with Gasteiger partial charge in [-0.3, -0.25) is 4.79 Å². The standard InChI is InChI=1S/C12H25NO3S/c1-4-7-12(8-5-2)17(15,16)10-6-9-13-11(3)14/h12H,4-10H2,1-3H3,(H,13,14). The molecule has 0 bridgehead atoms. The molecular formula is C12H25NO3S. The third-order valence-electron chi connectivity index (χ3n) is 2.71. The summed E-state index contributed by atoms with van der Waals surface area (Å²) in [5.41, 5.74) is 0. The van der Waals surface area contributed by atoms with Gasteiger partial charge >= 0.3 is 0 Å². The predicted molar refractivity (Wildman–Crippen MR) is 70.7 cm³/mol. The summed E-state index contributed by atoms with van der Waals surface area (Å²) >= 11 is 0. The van der Waals surface area contributed by atoms with Gasteiger partial charge in [0.1, 0.15) is 0 Å². The number of amides is 1. The highest BCUT2D eigenvalue weighted by atomic mass is 32.2. The first kappa shape index (κ1) is 16.4. The summed E-state index contributed by atoms with van der Waals surface area (Å²) in [6.07, 6.45) is 3.80. The number of carbonyl (C=O) groups excluding carboxylic acids is 1. The zero-order valence-corrected chi connectivity index (χ0v) is 12.0. The molecule has 0 saturated carbocycles. The number of carbonyl (C=O) groups is 1. The van der Waals surface area contributed by atoms with E-state index in [0.29, 0.717) is 13.0 Å². The molecule has 0 aromatic carbocycles. The summed E-state index contributed by atoms with van der Waals surface area (Å²) < 4.78 is 24.1. The average Bonchev–Trinajstić information content (AvgIpc) is 2.24. The molecule has 0 aromatic rings. The van der Waals surface area contributed by atoms with Gasteiger partial charge in [0.25, 0.3) is 0 Å². The van der Waals surface area contributed by atoms with Crippen LogP contribution in [0.1, 0.15) is 52.9 Å². The van der Waals surface area contributed by atoms with E-state index in [2.05, 4.69) is 5.32 Å². The van der Waals surface area contributed by atoms with Gasteiger partial charge in [-0.2, -0.15) is 0 Å². The van der Waals surface area contributed by atoms with Crippen molar-refractivity contribution in [2.45, 2.75) is 58.1 Å². The molecule has 102 valence electrons. The third-order valence-corrected chi connectivity index (χ3v) is 5.05. The summed E-state index contributed by atoms with van der Waals surface area (Å²) in [6, 6.07) is 0. The highest BCUT2D eigenvalue weighted by molar-refractivity contribution is 7.92. The van der Waals surface area contributed by atoms with Crippen LogP contribution >= 0.6 is 0 Å². The molecule has 4 nitrogen and oxygen atoms in total. The van der Waals surface area contributed by atoms with E-state index in [0.717, 1.165) is 25.7 Å². The highest BCUT2D eigenvalue weighted by Gasteiger charge is 2.23. The summed E-state index contributed by atoms with van der Waals surface area (Å²) in [7, 11) is -3.00. The van der Waals surface area contributed by atoms with Gasteiger partial charge in [0.2, 0.25) is 5.91 Å². The maximum Gasteiger partial charge on any atom is 0.216 e. The van der Waals surface area contributed by atoms with Crippen molar-refractivity contribution < 1.29 is 13.2 Å². The van der Waals surface area contributed by atoms with Gasteiger partial charge in [-0.25, -0.2) is 8.42 Å². The van der Waals surface area contributed by atoms with Crippen LogP contribution in [0.4, 0.5) is 0 Å². The number of hydrogen-bond donors (Lipinski definition) is 1. The van der Waals surface area contributed by atoms with Crippen LogP contribution in [-0.2, 0) is 14.6 Å². The van der Waals surface area contributed by atoms with Crippen molar-refractivity contribution in [3.8, 4) is 0 Å². The van der Waals surface area contributed by atoms with Gasteiger partial charge < -0.3 is 5.32 Å². The van der Waals surface area contributed by atoms with Crippen molar-refractivity contribution in [2.75, 3.05) is 12.3 Å². The zero-order valence-electron chi connectivity index (χ0n) is 11.2. The molecule has 1 N–H and O–H groups in total. The normalized spacial score (nSPS) is 11.8. The minimum Gasteiger partial charge on any atom is -0.356 e. The molecule has 0 atom stereocenters. The van der Waals surface area contributed by atoms with Crippen LogP contribution < -0.4 is 5.32 Å². The Morgan fingerprint density at radius 1 is 1.18 bits per heavy atom. The second-order valence-corrected chi connectivity index (χ2v) is 6.80. The van der Waals surface area contributed by atoms with E-state index < -0.39 is 9.84 Å². The molecule has 5 heteroatoms. The van der Waals surface area contributed by atoms with Crippen LogP contribution in [0, 0.1) is 0 Å². The molecule has 0 radical (unpaired) electrons. The number of rotatable bonds is 9. The SMILES string of the molecule is CCCC(CCC)S(=O)(=O)CCCNC(C)=O. The molecule has 0 heterocycles. The first-order chi connectivity index (χ1) is 7.94. The van der Waals surface area contributed by atoms with Crippen LogP contribution in [0.15, 0.2) is 0 Å². The van der Waals surface area contributed by atoms with E-state index in [4.69, 9.17) is 0 Å². The minimum atomic E-state index is -3.00. The first-order valence-corrected chi connectivity index (χ1v) is 8.11. The van der Waals surface area contributed by atoms with Crippen LogP contribution in [0.5, 0.6) is 0 Å². The fourth-order valence-corrected chi connectivity index (χ4v) is 3.92. The van der Waals surface area contributed by atoms with E-state index >= 15 is 0 Å². The van der Waals surface area contributed by atoms with Gasteiger partial charge in [-0.1, -0.05) is 26.7 Å². The second-order valence-electron chi connectivity index (χ2n) is 4.40. The lowest BCUT2D eigenvalue weighted by atomic mass is 10.2. The van der Waals surface area contributed by atoms with E-state index in [1.165, 1.54) is 6.92 Å². The van der Waals surface area contributed by atoms with Crippen LogP contribution in [0.3, 0.4) is 0 Å². The van der Waals surface area contributed by atoms with Crippen molar-refractivity contribution in [1.29, 1.82) is 0 Å². The van der Waals surface area contributed by atoms with Gasteiger partial charge in [-0.05, 0) is 19.3 Å². The molecule has 0 aliphatic carbocycles. The minimum absolute atomic E-state index is 0.110. The molecule has 0 aromatic heterocycles. The fourth-order valence-electron chi connectivity index (χ4n) is 1.85. The Labute approximate surface area is 105 Å². The maximum absolute atomic E-state index is 12.0. The number of hydrogen-bond acceptors (Lipinski definition) is 3.